The first-order valence-electron chi connectivity index (χ1n) is 3.99. The molecule has 0 radical (unpaired) electrons. The number of hydrogen-bond donors (Lipinski definition) is 1. The lowest BCUT2D eigenvalue weighted by Gasteiger charge is -2.00. The first-order chi connectivity index (χ1) is 6.08. The molecule has 1 aromatic rings. The van der Waals surface area contributed by atoms with Crippen molar-refractivity contribution in [2.75, 3.05) is 18.6 Å². The molecule has 1 heterocycles. The maximum atomic E-state index is 10.7. The largest absolute Gasteiger partial charge is 0.468 e. The topological polar surface area (TPSA) is 59.3 Å². The van der Waals surface area contributed by atoms with Gasteiger partial charge in [-0.1, -0.05) is 0 Å². The highest BCUT2D eigenvalue weighted by molar-refractivity contribution is 7.90. The zero-order chi connectivity index (χ0) is 9.73. The van der Waals surface area contributed by atoms with Crippen LogP contribution >= 0.6 is 0 Å². The molecule has 0 aliphatic heterocycles. The Bertz CT molecular complexity index is 328. The summed E-state index contributed by atoms with van der Waals surface area (Å²) in [5, 5.41) is 2.97. The standard InChI is InChI=1S/C8H13NO3S/c1-13(10,11)6-4-9-7-8-3-2-5-12-8/h2-3,5,9H,4,6-7H2,1H3. The second kappa shape index (κ2) is 4.43. The molecule has 0 spiro atoms. The minimum absolute atomic E-state index is 0.160. The van der Waals surface area contributed by atoms with Gasteiger partial charge in [0.2, 0.25) is 0 Å². The van der Waals surface area contributed by atoms with E-state index in [2.05, 4.69) is 5.32 Å². The van der Waals surface area contributed by atoms with Crippen molar-refractivity contribution < 1.29 is 12.8 Å². The van der Waals surface area contributed by atoms with E-state index in [9.17, 15) is 8.42 Å². The number of sulfone groups is 1. The average molecular weight is 203 g/mol. The quantitative estimate of drug-likeness (QED) is 0.704. The van der Waals surface area contributed by atoms with Crippen molar-refractivity contribution in [3.8, 4) is 0 Å². The highest BCUT2D eigenvalue weighted by atomic mass is 32.2. The summed E-state index contributed by atoms with van der Waals surface area (Å²) in [7, 11) is -2.86. The Labute approximate surface area is 77.9 Å². The van der Waals surface area contributed by atoms with Gasteiger partial charge in [0.1, 0.15) is 15.6 Å². The van der Waals surface area contributed by atoms with E-state index in [1.807, 2.05) is 6.07 Å². The number of nitrogens with one attached hydrogen (secondary N) is 1. The van der Waals surface area contributed by atoms with Crippen LogP contribution in [0.15, 0.2) is 22.8 Å². The zero-order valence-corrected chi connectivity index (χ0v) is 8.30. The summed E-state index contributed by atoms with van der Waals surface area (Å²) in [5.41, 5.74) is 0. The minimum Gasteiger partial charge on any atom is -0.468 e. The van der Waals surface area contributed by atoms with E-state index in [0.717, 1.165) is 5.76 Å². The molecule has 74 valence electrons. The fourth-order valence-corrected chi connectivity index (χ4v) is 1.40. The summed E-state index contributed by atoms with van der Waals surface area (Å²) in [6, 6.07) is 3.64. The van der Waals surface area contributed by atoms with Gasteiger partial charge in [-0.15, -0.1) is 0 Å². The summed E-state index contributed by atoms with van der Waals surface area (Å²) in [5.74, 6) is 0.974. The van der Waals surface area contributed by atoms with E-state index in [-0.39, 0.29) is 5.75 Å². The third kappa shape index (κ3) is 4.69. The SMILES string of the molecule is CS(=O)(=O)CCNCc1ccco1. The van der Waals surface area contributed by atoms with Crippen LogP contribution in [0.1, 0.15) is 5.76 Å². The Kier molecular flexibility index (Phi) is 3.50. The van der Waals surface area contributed by atoms with Crippen molar-refractivity contribution in [3.05, 3.63) is 24.2 Å². The van der Waals surface area contributed by atoms with Crippen LogP contribution in [0.2, 0.25) is 0 Å². The van der Waals surface area contributed by atoms with Crippen molar-refractivity contribution in [1.29, 1.82) is 0 Å². The zero-order valence-electron chi connectivity index (χ0n) is 7.49. The van der Waals surface area contributed by atoms with Gasteiger partial charge in [-0.2, -0.15) is 0 Å². The van der Waals surface area contributed by atoms with Crippen LogP contribution in [0.25, 0.3) is 0 Å². The molecule has 1 N–H and O–H groups in total. The predicted molar refractivity (Wildman–Crippen MR) is 50.1 cm³/mol. The Morgan fingerprint density at radius 1 is 1.54 bits per heavy atom. The van der Waals surface area contributed by atoms with Crippen molar-refractivity contribution in [1.82, 2.24) is 5.32 Å². The summed E-state index contributed by atoms with van der Waals surface area (Å²) in [6.45, 7) is 1.03. The van der Waals surface area contributed by atoms with Crippen LogP contribution in [0.3, 0.4) is 0 Å². The fourth-order valence-electron chi connectivity index (χ4n) is 0.882. The fraction of sp³-hybridized carbons (Fsp3) is 0.500. The lowest BCUT2D eigenvalue weighted by Crippen LogP contribution is -2.21. The summed E-state index contributed by atoms with van der Waals surface area (Å²) >= 11 is 0. The number of rotatable bonds is 5. The molecule has 0 atom stereocenters. The molecule has 0 saturated heterocycles. The van der Waals surface area contributed by atoms with Crippen LogP contribution in [0.4, 0.5) is 0 Å². The molecule has 0 aliphatic carbocycles. The lowest BCUT2D eigenvalue weighted by molar-refractivity contribution is 0.487. The predicted octanol–water partition coefficient (Wildman–Crippen LogP) is 0.414. The maximum absolute atomic E-state index is 10.7. The van der Waals surface area contributed by atoms with Crippen LogP contribution in [0.5, 0.6) is 0 Å². The van der Waals surface area contributed by atoms with E-state index >= 15 is 0 Å². The van der Waals surface area contributed by atoms with Gasteiger partial charge < -0.3 is 9.73 Å². The highest BCUT2D eigenvalue weighted by Gasteiger charge is 2.01. The van der Waals surface area contributed by atoms with Gasteiger partial charge in [-0.3, -0.25) is 0 Å². The smallest absolute Gasteiger partial charge is 0.148 e. The van der Waals surface area contributed by atoms with Crippen molar-refractivity contribution in [3.63, 3.8) is 0 Å². The molecule has 0 fully saturated rings. The highest BCUT2D eigenvalue weighted by Crippen LogP contribution is 1.97. The van der Waals surface area contributed by atoms with Crippen molar-refractivity contribution >= 4 is 9.84 Å². The molecule has 1 aromatic heterocycles. The van der Waals surface area contributed by atoms with Gasteiger partial charge in [0.15, 0.2) is 0 Å². The number of furan rings is 1. The van der Waals surface area contributed by atoms with Crippen molar-refractivity contribution in [2.45, 2.75) is 6.54 Å². The molecule has 0 bridgehead atoms. The van der Waals surface area contributed by atoms with Gasteiger partial charge in [-0.25, -0.2) is 8.42 Å². The van der Waals surface area contributed by atoms with E-state index in [1.54, 1.807) is 12.3 Å². The molecule has 1 rings (SSSR count). The third-order valence-corrected chi connectivity index (χ3v) is 2.47. The Balaban J connectivity index is 2.16. The van der Waals surface area contributed by atoms with E-state index in [4.69, 9.17) is 4.42 Å². The molecular formula is C8H13NO3S. The van der Waals surface area contributed by atoms with Crippen LogP contribution in [-0.4, -0.2) is 27.0 Å². The van der Waals surface area contributed by atoms with Crippen LogP contribution in [-0.2, 0) is 16.4 Å². The Morgan fingerprint density at radius 3 is 2.85 bits per heavy atom. The molecule has 0 aliphatic rings. The Morgan fingerprint density at radius 2 is 2.31 bits per heavy atom. The summed E-state index contributed by atoms with van der Waals surface area (Å²) in [6.07, 6.45) is 2.81. The molecular weight excluding hydrogens is 190 g/mol. The molecule has 0 amide bonds. The van der Waals surface area contributed by atoms with E-state index in [1.165, 1.54) is 6.26 Å². The first kappa shape index (κ1) is 10.3. The van der Waals surface area contributed by atoms with E-state index in [0.29, 0.717) is 13.1 Å². The van der Waals surface area contributed by atoms with Gasteiger partial charge in [-0.05, 0) is 12.1 Å². The molecule has 0 saturated carbocycles. The Hall–Kier alpha value is -0.810. The summed E-state index contributed by atoms with van der Waals surface area (Å²) in [4.78, 5) is 0. The van der Waals surface area contributed by atoms with Crippen LogP contribution < -0.4 is 5.32 Å². The van der Waals surface area contributed by atoms with Gasteiger partial charge in [0, 0.05) is 12.8 Å². The van der Waals surface area contributed by atoms with Crippen molar-refractivity contribution in [2.24, 2.45) is 0 Å². The second-order valence-electron chi connectivity index (χ2n) is 2.89. The normalized spacial score (nSPS) is 11.8. The molecule has 0 unspecified atom stereocenters. The average Bonchev–Trinajstić information content (AvgIpc) is 2.48. The lowest BCUT2D eigenvalue weighted by atomic mass is 10.4. The second-order valence-corrected chi connectivity index (χ2v) is 5.15. The number of hydrogen-bond acceptors (Lipinski definition) is 4. The first-order valence-corrected chi connectivity index (χ1v) is 6.05. The molecule has 13 heavy (non-hydrogen) atoms. The molecule has 0 aromatic carbocycles. The van der Waals surface area contributed by atoms with Gasteiger partial charge in [0.05, 0.1) is 18.6 Å². The van der Waals surface area contributed by atoms with E-state index < -0.39 is 9.84 Å². The van der Waals surface area contributed by atoms with Gasteiger partial charge in [0.25, 0.3) is 0 Å². The minimum atomic E-state index is -2.86. The molecule has 4 nitrogen and oxygen atoms in total. The maximum Gasteiger partial charge on any atom is 0.148 e. The monoisotopic (exact) mass is 203 g/mol. The molecule has 5 heteroatoms. The van der Waals surface area contributed by atoms with Crippen LogP contribution in [0, 0.1) is 0 Å². The third-order valence-electron chi connectivity index (χ3n) is 1.53. The summed E-state index contributed by atoms with van der Waals surface area (Å²) < 4.78 is 26.5. The van der Waals surface area contributed by atoms with Gasteiger partial charge >= 0.3 is 0 Å².